The van der Waals surface area contributed by atoms with Gasteiger partial charge in [0, 0.05) is 30.2 Å². The third-order valence-electron chi connectivity index (χ3n) is 5.00. The molecule has 3 rings (SSSR count). The fraction of sp³-hybridized carbons (Fsp3) is 0.500. The first-order valence-corrected chi connectivity index (χ1v) is 8.31. The molecule has 3 heteroatoms. The summed E-state index contributed by atoms with van der Waals surface area (Å²) in [4.78, 5) is 0. The number of hydrogen-bond acceptors (Lipinski definition) is 3. The lowest BCUT2D eigenvalue weighted by atomic mass is 9.87. The average molecular weight is 312 g/mol. The summed E-state index contributed by atoms with van der Waals surface area (Å²) >= 11 is 0. The standard InChI is InChI=1S/C20H24O3/c1-3-4-7-13(2)16(21)11-10-14-17(22)12-19-20(14)15-8-5-6-9-18(15)23-19/h5-6,8-11,13-14,16-17,19-22H,7,12H2,1-2H3/b11-10+/t13-,14+,16-,17-,19+,20+/m1/s1. The van der Waals surface area contributed by atoms with Gasteiger partial charge in [0.05, 0.1) is 12.2 Å². The van der Waals surface area contributed by atoms with Crippen LogP contribution in [0.15, 0.2) is 36.4 Å². The summed E-state index contributed by atoms with van der Waals surface area (Å²) in [5.41, 5.74) is 1.17. The fourth-order valence-corrected chi connectivity index (χ4v) is 3.65. The monoisotopic (exact) mass is 312 g/mol. The molecule has 0 aromatic heterocycles. The van der Waals surface area contributed by atoms with E-state index in [1.54, 1.807) is 0 Å². The molecule has 1 aromatic carbocycles. The van der Waals surface area contributed by atoms with Crippen LogP contribution in [0.4, 0.5) is 0 Å². The van der Waals surface area contributed by atoms with Crippen LogP contribution in [0.25, 0.3) is 0 Å². The Kier molecular flexibility index (Phi) is 4.75. The highest BCUT2D eigenvalue weighted by Crippen LogP contribution is 2.50. The molecule has 1 aromatic rings. The van der Waals surface area contributed by atoms with Crippen LogP contribution < -0.4 is 4.74 Å². The van der Waals surface area contributed by atoms with Crippen molar-refractivity contribution < 1.29 is 14.9 Å². The smallest absolute Gasteiger partial charge is 0.123 e. The summed E-state index contributed by atoms with van der Waals surface area (Å²) in [6.45, 7) is 3.79. The predicted octanol–water partition coefficient (Wildman–Crippen LogP) is 2.88. The van der Waals surface area contributed by atoms with Crippen molar-refractivity contribution in [1.82, 2.24) is 0 Å². The minimum absolute atomic E-state index is 0.0113. The van der Waals surface area contributed by atoms with Crippen LogP contribution in [0.1, 0.15) is 38.2 Å². The van der Waals surface area contributed by atoms with E-state index in [0.717, 1.165) is 5.75 Å². The Morgan fingerprint density at radius 2 is 2.17 bits per heavy atom. The van der Waals surface area contributed by atoms with Gasteiger partial charge >= 0.3 is 0 Å². The van der Waals surface area contributed by atoms with Crippen molar-refractivity contribution in [2.24, 2.45) is 11.8 Å². The van der Waals surface area contributed by atoms with E-state index in [4.69, 9.17) is 4.74 Å². The maximum Gasteiger partial charge on any atom is 0.123 e. The minimum atomic E-state index is -0.542. The lowest BCUT2D eigenvalue weighted by molar-refractivity contribution is 0.134. The van der Waals surface area contributed by atoms with E-state index in [1.165, 1.54) is 5.56 Å². The van der Waals surface area contributed by atoms with E-state index < -0.39 is 12.2 Å². The number of benzene rings is 1. The largest absolute Gasteiger partial charge is 0.489 e. The number of aliphatic hydroxyl groups excluding tert-OH is 2. The summed E-state index contributed by atoms with van der Waals surface area (Å²) in [6, 6.07) is 8.05. The van der Waals surface area contributed by atoms with E-state index in [-0.39, 0.29) is 23.9 Å². The number of aliphatic hydroxyl groups is 2. The van der Waals surface area contributed by atoms with Crippen LogP contribution in [0.2, 0.25) is 0 Å². The number of rotatable bonds is 4. The first kappa shape index (κ1) is 16.1. The maximum atomic E-state index is 10.4. The van der Waals surface area contributed by atoms with E-state index >= 15 is 0 Å². The molecule has 1 aliphatic carbocycles. The molecule has 0 saturated heterocycles. The summed E-state index contributed by atoms with van der Waals surface area (Å²) < 4.78 is 5.96. The molecule has 1 heterocycles. The van der Waals surface area contributed by atoms with Crippen molar-refractivity contribution in [2.45, 2.75) is 50.9 Å². The van der Waals surface area contributed by atoms with Crippen LogP contribution >= 0.6 is 0 Å². The lowest BCUT2D eigenvalue weighted by Gasteiger charge is -2.18. The Morgan fingerprint density at radius 3 is 2.96 bits per heavy atom. The molecular formula is C20H24O3. The maximum absolute atomic E-state index is 10.4. The van der Waals surface area contributed by atoms with Gasteiger partial charge in [-0.15, -0.1) is 11.8 Å². The highest BCUT2D eigenvalue weighted by atomic mass is 16.5. The van der Waals surface area contributed by atoms with Crippen molar-refractivity contribution in [2.75, 3.05) is 0 Å². The van der Waals surface area contributed by atoms with Crippen LogP contribution in [-0.2, 0) is 0 Å². The predicted molar refractivity (Wildman–Crippen MR) is 90.1 cm³/mol. The molecule has 2 aliphatic rings. The van der Waals surface area contributed by atoms with Gasteiger partial charge in [0.15, 0.2) is 0 Å². The van der Waals surface area contributed by atoms with Crippen molar-refractivity contribution in [3.8, 4) is 17.6 Å². The van der Waals surface area contributed by atoms with Crippen LogP contribution in [-0.4, -0.2) is 28.5 Å². The molecule has 0 radical (unpaired) electrons. The van der Waals surface area contributed by atoms with Gasteiger partial charge in [-0.1, -0.05) is 37.3 Å². The van der Waals surface area contributed by atoms with Gasteiger partial charge in [-0.3, -0.25) is 0 Å². The first-order valence-electron chi connectivity index (χ1n) is 8.31. The SMILES string of the molecule is CC#CC[C@@H](C)[C@H](O)/C=C/[C@@H]1[C@H]2c3ccccc3O[C@H]2C[C@H]1O. The second-order valence-corrected chi connectivity index (χ2v) is 6.58. The van der Waals surface area contributed by atoms with Gasteiger partial charge in [0.25, 0.3) is 0 Å². The molecule has 1 aliphatic heterocycles. The van der Waals surface area contributed by atoms with E-state index in [1.807, 2.05) is 44.2 Å². The molecule has 1 fully saturated rings. The van der Waals surface area contributed by atoms with Gasteiger partial charge in [-0.05, 0) is 18.9 Å². The third kappa shape index (κ3) is 3.15. The highest BCUT2D eigenvalue weighted by molar-refractivity contribution is 5.43. The number of ether oxygens (including phenoxy) is 1. The Bertz CT molecular complexity index is 640. The Labute approximate surface area is 138 Å². The normalized spacial score (nSPS) is 31.0. The Balaban J connectivity index is 1.74. The number of fused-ring (bicyclic) bond motifs is 3. The quantitative estimate of drug-likeness (QED) is 0.664. The van der Waals surface area contributed by atoms with Crippen molar-refractivity contribution in [3.63, 3.8) is 0 Å². The second-order valence-electron chi connectivity index (χ2n) is 6.58. The molecule has 1 saturated carbocycles. The molecule has 23 heavy (non-hydrogen) atoms. The number of para-hydroxylation sites is 1. The molecule has 0 unspecified atom stereocenters. The third-order valence-corrected chi connectivity index (χ3v) is 5.00. The second kappa shape index (κ2) is 6.78. The topological polar surface area (TPSA) is 49.7 Å². The van der Waals surface area contributed by atoms with Crippen LogP contribution in [0.5, 0.6) is 5.75 Å². The summed E-state index contributed by atoms with van der Waals surface area (Å²) in [5, 5.41) is 20.6. The van der Waals surface area contributed by atoms with Crippen LogP contribution in [0.3, 0.4) is 0 Å². The Morgan fingerprint density at radius 1 is 1.39 bits per heavy atom. The zero-order chi connectivity index (χ0) is 16.4. The number of hydrogen-bond donors (Lipinski definition) is 2. The molecule has 2 N–H and O–H groups in total. The van der Waals surface area contributed by atoms with Crippen molar-refractivity contribution in [3.05, 3.63) is 42.0 Å². The zero-order valence-electron chi connectivity index (χ0n) is 13.6. The molecule has 0 amide bonds. The molecular weight excluding hydrogens is 288 g/mol. The first-order chi connectivity index (χ1) is 11.1. The van der Waals surface area contributed by atoms with Gasteiger partial charge in [-0.2, -0.15) is 0 Å². The van der Waals surface area contributed by atoms with Gasteiger partial charge in [-0.25, -0.2) is 0 Å². The minimum Gasteiger partial charge on any atom is -0.489 e. The molecule has 6 atom stereocenters. The molecule has 0 spiro atoms. The zero-order valence-corrected chi connectivity index (χ0v) is 13.6. The lowest BCUT2D eigenvalue weighted by Crippen LogP contribution is -2.19. The molecule has 3 nitrogen and oxygen atoms in total. The van der Waals surface area contributed by atoms with E-state index in [0.29, 0.717) is 12.8 Å². The van der Waals surface area contributed by atoms with Crippen molar-refractivity contribution >= 4 is 0 Å². The average Bonchev–Trinajstić information content (AvgIpc) is 3.05. The van der Waals surface area contributed by atoms with E-state index in [2.05, 4.69) is 17.9 Å². The van der Waals surface area contributed by atoms with Crippen LogP contribution in [0, 0.1) is 23.7 Å². The summed E-state index contributed by atoms with van der Waals surface area (Å²) in [5.74, 6) is 7.04. The fourth-order valence-electron chi connectivity index (χ4n) is 3.65. The van der Waals surface area contributed by atoms with Gasteiger partial charge in [0.1, 0.15) is 11.9 Å². The molecule has 122 valence electrons. The summed E-state index contributed by atoms with van der Waals surface area (Å²) in [6.07, 6.45) is 4.18. The summed E-state index contributed by atoms with van der Waals surface area (Å²) in [7, 11) is 0. The molecule has 0 bridgehead atoms. The van der Waals surface area contributed by atoms with Gasteiger partial charge in [0.2, 0.25) is 0 Å². The van der Waals surface area contributed by atoms with Crippen molar-refractivity contribution in [1.29, 1.82) is 0 Å². The highest BCUT2D eigenvalue weighted by Gasteiger charge is 2.48. The van der Waals surface area contributed by atoms with Gasteiger partial charge < -0.3 is 14.9 Å². The van der Waals surface area contributed by atoms with E-state index in [9.17, 15) is 10.2 Å². The Hall–Kier alpha value is -1.76.